The SMILES string of the molecule is CCC(Cc1ccc(C)cc1)NC(=O)C1(O)CCSCC1. The van der Waals surface area contributed by atoms with Crippen LogP contribution >= 0.6 is 11.8 Å². The van der Waals surface area contributed by atoms with Crippen LogP contribution in [0.4, 0.5) is 0 Å². The molecule has 1 unspecified atom stereocenters. The number of rotatable bonds is 5. The molecule has 0 saturated carbocycles. The Hall–Kier alpha value is -1.000. The zero-order valence-electron chi connectivity index (χ0n) is 12.9. The molecule has 1 fully saturated rings. The van der Waals surface area contributed by atoms with Crippen LogP contribution in [-0.4, -0.2) is 34.2 Å². The Bertz CT molecular complexity index is 466. The largest absolute Gasteiger partial charge is 0.380 e. The number of hydrogen-bond donors (Lipinski definition) is 2. The molecule has 3 nitrogen and oxygen atoms in total. The van der Waals surface area contributed by atoms with Crippen LogP contribution < -0.4 is 5.32 Å². The standard InChI is InChI=1S/C17H25NO2S/c1-3-15(12-14-6-4-13(2)5-7-14)18-16(19)17(20)8-10-21-11-9-17/h4-7,15,20H,3,8-12H2,1-2H3,(H,18,19). The fourth-order valence-electron chi connectivity index (χ4n) is 2.56. The van der Waals surface area contributed by atoms with E-state index in [4.69, 9.17) is 0 Å². The molecule has 0 aliphatic carbocycles. The average molecular weight is 307 g/mol. The number of nitrogens with one attached hydrogen (secondary N) is 1. The van der Waals surface area contributed by atoms with Crippen LogP contribution in [0.5, 0.6) is 0 Å². The molecular formula is C17H25NO2S. The van der Waals surface area contributed by atoms with Crippen molar-refractivity contribution in [1.82, 2.24) is 5.32 Å². The Kier molecular flexibility index (Phi) is 5.71. The molecule has 0 aromatic heterocycles. The van der Waals surface area contributed by atoms with Gasteiger partial charge in [0, 0.05) is 6.04 Å². The van der Waals surface area contributed by atoms with Crippen LogP contribution in [0.25, 0.3) is 0 Å². The second-order valence-corrected chi connectivity index (χ2v) is 7.14. The highest BCUT2D eigenvalue weighted by Gasteiger charge is 2.37. The van der Waals surface area contributed by atoms with Crippen LogP contribution in [0.15, 0.2) is 24.3 Å². The van der Waals surface area contributed by atoms with Gasteiger partial charge in [0.2, 0.25) is 0 Å². The number of hydrogen-bond acceptors (Lipinski definition) is 3. The Balaban J connectivity index is 1.95. The summed E-state index contributed by atoms with van der Waals surface area (Å²) >= 11 is 1.80. The van der Waals surface area contributed by atoms with Crippen LogP contribution in [-0.2, 0) is 11.2 Å². The number of benzene rings is 1. The Labute approximate surface area is 131 Å². The van der Waals surface area contributed by atoms with Gasteiger partial charge in [-0.05, 0) is 49.7 Å². The van der Waals surface area contributed by atoms with Crippen molar-refractivity contribution in [2.24, 2.45) is 0 Å². The molecule has 116 valence electrons. The predicted molar refractivity (Wildman–Crippen MR) is 88.6 cm³/mol. The summed E-state index contributed by atoms with van der Waals surface area (Å²) in [5.74, 6) is 1.53. The lowest BCUT2D eigenvalue weighted by Gasteiger charge is -2.32. The minimum absolute atomic E-state index is 0.0822. The van der Waals surface area contributed by atoms with Crippen molar-refractivity contribution in [3.05, 3.63) is 35.4 Å². The van der Waals surface area contributed by atoms with E-state index in [2.05, 4.69) is 43.4 Å². The Morgan fingerprint density at radius 2 is 1.95 bits per heavy atom. The molecule has 0 bridgehead atoms. The second-order valence-electron chi connectivity index (χ2n) is 5.91. The number of amides is 1. The summed E-state index contributed by atoms with van der Waals surface area (Å²) in [4.78, 5) is 12.4. The van der Waals surface area contributed by atoms with Gasteiger partial charge in [0.1, 0.15) is 5.60 Å². The van der Waals surface area contributed by atoms with Gasteiger partial charge in [-0.1, -0.05) is 36.8 Å². The van der Waals surface area contributed by atoms with E-state index in [-0.39, 0.29) is 11.9 Å². The predicted octanol–water partition coefficient (Wildman–Crippen LogP) is 2.69. The quantitative estimate of drug-likeness (QED) is 0.879. The van der Waals surface area contributed by atoms with E-state index in [1.165, 1.54) is 11.1 Å². The summed E-state index contributed by atoms with van der Waals surface area (Å²) in [7, 11) is 0. The van der Waals surface area contributed by atoms with Crippen molar-refractivity contribution < 1.29 is 9.90 Å². The lowest BCUT2D eigenvalue weighted by atomic mass is 9.94. The van der Waals surface area contributed by atoms with Gasteiger partial charge in [0.05, 0.1) is 0 Å². The number of aryl methyl sites for hydroxylation is 1. The van der Waals surface area contributed by atoms with E-state index in [9.17, 15) is 9.90 Å². The Morgan fingerprint density at radius 3 is 2.52 bits per heavy atom. The van der Waals surface area contributed by atoms with E-state index >= 15 is 0 Å². The molecule has 1 amide bonds. The van der Waals surface area contributed by atoms with Crippen molar-refractivity contribution in [3.8, 4) is 0 Å². The maximum atomic E-state index is 12.4. The molecule has 1 aliphatic heterocycles. The first kappa shape index (κ1) is 16.4. The molecule has 4 heteroatoms. The van der Waals surface area contributed by atoms with Crippen molar-refractivity contribution in [2.45, 2.75) is 51.2 Å². The Morgan fingerprint density at radius 1 is 1.33 bits per heavy atom. The van der Waals surface area contributed by atoms with Crippen molar-refractivity contribution >= 4 is 17.7 Å². The maximum absolute atomic E-state index is 12.4. The van der Waals surface area contributed by atoms with Gasteiger partial charge < -0.3 is 10.4 Å². The van der Waals surface area contributed by atoms with E-state index in [0.29, 0.717) is 12.8 Å². The third-order valence-electron chi connectivity index (χ3n) is 4.17. The average Bonchev–Trinajstić information content (AvgIpc) is 2.49. The van der Waals surface area contributed by atoms with Gasteiger partial charge in [-0.25, -0.2) is 0 Å². The molecule has 2 rings (SSSR count). The van der Waals surface area contributed by atoms with Gasteiger partial charge in [-0.15, -0.1) is 0 Å². The highest BCUT2D eigenvalue weighted by atomic mass is 32.2. The maximum Gasteiger partial charge on any atom is 0.252 e. The second kappa shape index (κ2) is 7.32. The van der Waals surface area contributed by atoms with E-state index in [0.717, 1.165) is 24.3 Å². The first-order chi connectivity index (χ1) is 10.0. The molecule has 1 aliphatic rings. The van der Waals surface area contributed by atoms with Crippen LogP contribution in [0.2, 0.25) is 0 Å². The normalized spacial score (nSPS) is 19.0. The minimum Gasteiger partial charge on any atom is -0.380 e. The molecule has 1 aromatic rings. The molecule has 1 saturated heterocycles. The van der Waals surface area contributed by atoms with Crippen LogP contribution in [0.1, 0.15) is 37.3 Å². The van der Waals surface area contributed by atoms with Crippen LogP contribution in [0.3, 0.4) is 0 Å². The highest BCUT2D eigenvalue weighted by Crippen LogP contribution is 2.27. The number of aliphatic hydroxyl groups is 1. The lowest BCUT2D eigenvalue weighted by Crippen LogP contribution is -2.52. The van der Waals surface area contributed by atoms with Crippen molar-refractivity contribution in [3.63, 3.8) is 0 Å². The molecule has 1 aromatic carbocycles. The van der Waals surface area contributed by atoms with Gasteiger partial charge in [0.15, 0.2) is 0 Å². The monoisotopic (exact) mass is 307 g/mol. The zero-order valence-corrected chi connectivity index (χ0v) is 13.7. The zero-order chi connectivity index (χ0) is 15.3. The summed E-state index contributed by atoms with van der Waals surface area (Å²) in [6.07, 6.45) is 2.80. The molecule has 21 heavy (non-hydrogen) atoms. The highest BCUT2D eigenvalue weighted by molar-refractivity contribution is 7.99. The summed E-state index contributed by atoms with van der Waals surface area (Å²) in [6.45, 7) is 4.14. The van der Waals surface area contributed by atoms with Gasteiger partial charge >= 0.3 is 0 Å². The molecule has 0 spiro atoms. The molecule has 2 N–H and O–H groups in total. The summed E-state index contributed by atoms with van der Waals surface area (Å²) in [6, 6.07) is 8.48. The van der Waals surface area contributed by atoms with Gasteiger partial charge in [0.25, 0.3) is 5.91 Å². The molecule has 0 radical (unpaired) electrons. The van der Waals surface area contributed by atoms with E-state index in [1.807, 2.05) is 0 Å². The summed E-state index contributed by atoms with van der Waals surface area (Å²) in [5, 5.41) is 13.5. The number of thioether (sulfide) groups is 1. The third kappa shape index (κ3) is 4.48. The van der Waals surface area contributed by atoms with Gasteiger partial charge in [-0.2, -0.15) is 11.8 Å². The lowest BCUT2D eigenvalue weighted by molar-refractivity contribution is -0.141. The van der Waals surface area contributed by atoms with E-state index < -0.39 is 5.60 Å². The smallest absolute Gasteiger partial charge is 0.252 e. The topological polar surface area (TPSA) is 49.3 Å². The van der Waals surface area contributed by atoms with Crippen molar-refractivity contribution in [2.75, 3.05) is 11.5 Å². The summed E-state index contributed by atoms with van der Waals surface area (Å²) < 4.78 is 0. The first-order valence-corrected chi connectivity index (χ1v) is 8.85. The third-order valence-corrected chi connectivity index (χ3v) is 5.16. The number of carbonyl (C=O) groups is 1. The van der Waals surface area contributed by atoms with Crippen LogP contribution in [0, 0.1) is 6.92 Å². The first-order valence-electron chi connectivity index (χ1n) is 7.70. The van der Waals surface area contributed by atoms with Crippen molar-refractivity contribution in [1.29, 1.82) is 0 Å². The van der Waals surface area contributed by atoms with E-state index in [1.54, 1.807) is 11.8 Å². The fraction of sp³-hybridized carbons (Fsp3) is 0.588. The fourth-order valence-corrected chi connectivity index (χ4v) is 3.73. The van der Waals surface area contributed by atoms with Gasteiger partial charge in [-0.3, -0.25) is 4.79 Å². The molecule has 1 atom stereocenters. The summed E-state index contributed by atoms with van der Waals surface area (Å²) in [5.41, 5.74) is 1.30. The molecular weight excluding hydrogens is 282 g/mol. The minimum atomic E-state index is -1.16. The molecule has 1 heterocycles. The number of carbonyl (C=O) groups excluding carboxylic acids is 1.